The first-order valence-electron chi connectivity index (χ1n) is 8.33. The molecule has 6 heteroatoms. The summed E-state index contributed by atoms with van der Waals surface area (Å²) in [5.74, 6) is 1.05. The molecule has 2 aromatic rings. The van der Waals surface area contributed by atoms with Crippen molar-refractivity contribution >= 4 is 21.8 Å². The number of aryl methyl sites for hydroxylation is 1. The first kappa shape index (κ1) is 20.2. The van der Waals surface area contributed by atoms with Gasteiger partial charge in [0.25, 0.3) is 0 Å². The van der Waals surface area contributed by atoms with Crippen molar-refractivity contribution in [3.8, 4) is 11.5 Å². The lowest BCUT2D eigenvalue weighted by Gasteiger charge is -2.18. The van der Waals surface area contributed by atoms with Crippen molar-refractivity contribution in [3.63, 3.8) is 0 Å². The van der Waals surface area contributed by atoms with Gasteiger partial charge < -0.3 is 14.4 Å². The van der Waals surface area contributed by atoms with Gasteiger partial charge in [-0.05, 0) is 48.2 Å². The second-order valence-corrected chi connectivity index (χ2v) is 6.91. The van der Waals surface area contributed by atoms with E-state index in [1.54, 1.807) is 38.3 Å². The fourth-order valence-corrected chi connectivity index (χ4v) is 2.95. The highest BCUT2D eigenvalue weighted by molar-refractivity contribution is 9.10. The normalized spacial score (nSPS) is 10.5. The number of likely N-dealkylation sites (N-methyl/N-ethyl adjacent to an activating group) is 1. The van der Waals surface area contributed by atoms with Gasteiger partial charge in [0.05, 0.1) is 14.2 Å². The number of ether oxygens (including phenoxy) is 2. The third-order valence-corrected chi connectivity index (χ3v) is 4.73. The zero-order valence-corrected chi connectivity index (χ0v) is 16.8. The molecule has 140 valence electrons. The van der Waals surface area contributed by atoms with E-state index < -0.39 is 0 Å². The van der Waals surface area contributed by atoms with E-state index in [2.05, 4.69) is 15.9 Å². The van der Waals surface area contributed by atoms with Crippen molar-refractivity contribution in [2.24, 2.45) is 0 Å². The van der Waals surface area contributed by atoms with E-state index in [9.17, 15) is 9.18 Å². The predicted octanol–water partition coefficient (Wildman–Crippen LogP) is 4.24. The second-order valence-electron chi connectivity index (χ2n) is 5.99. The predicted molar refractivity (Wildman–Crippen MR) is 103 cm³/mol. The number of hydrogen-bond acceptors (Lipinski definition) is 3. The minimum atomic E-state index is -0.292. The zero-order chi connectivity index (χ0) is 19.1. The minimum Gasteiger partial charge on any atom is -0.493 e. The molecular formula is C20H23BrFNO3. The summed E-state index contributed by atoms with van der Waals surface area (Å²) in [5.41, 5.74) is 1.61. The van der Waals surface area contributed by atoms with Gasteiger partial charge in [0.1, 0.15) is 5.82 Å². The molecule has 0 N–H and O–H groups in total. The van der Waals surface area contributed by atoms with Crippen molar-refractivity contribution in [2.45, 2.75) is 19.3 Å². The second kappa shape index (κ2) is 9.57. The molecule has 0 fully saturated rings. The number of hydrogen-bond donors (Lipinski definition) is 0. The van der Waals surface area contributed by atoms with E-state index in [1.165, 1.54) is 6.07 Å². The summed E-state index contributed by atoms with van der Waals surface area (Å²) in [6.45, 7) is 0.580. The number of nitrogens with zero attached hydrogens (tertiary/aromatic N) is 1. The van der Waals surface area contributed by atoms with Crippen LogP contribution in [0, 0.1) is 5.82 Å². The Labute approximate surface area is 162 Å². The fourth-order valence-electron chi connectivity index (χ4n) is 2.61. The van der Waals surface area contributed by atoms with Crippen LogP contribution >= 0.6 is 15.9 Å². The number of carbonyl (C=O) groups excluding carboxylic acids is 1. The lowest BCUT2D eigenvalue weighted by Crippen LogP contribution is -2.29. The van der Waals surface area contributed by atoms with Gasteiger partial charge in [-0.25, -0.2) is 4.39 Å². The Bertz CT molecular complexity index is 767. The maximum atomic E-state index is 13.8. The van der Waals surface area contributed by atoms with Crippen LogP contribution in [-0.4, -0.2) is 38.6 Å². The topological polar surface area (TPSA) is 38.8 Å². The molecule has 0 unspecified atom stereocenters. The van der Waals surface area contributed by atoms with Gasteiger partial charge in [-0.15, -0.1) is 0 Å². The zero-order valence-electron chi connectivity index (χ0n) is 15.2. The molecule has 0 aliphatic carbocycles. The summed E-state index contributed by atoms with van der Waals surface area (Å²) in [5, 5.41) is 0. The summed E-state index contributed by atoms with van der Waals surface area (Å²) in [7, 11) is 4.96. The highest BCUT2D eigenvalue weighted by Gasteiger charge is 2.12. The lowest BCUT2D eigenvalue weighted by molar-refractivity contribution is -0.129. The Kier molecular flexibility index (Phi) is 7.45. The van der Waals surface area contributed by atoms with Gasteiger partial charge in [-0.3, -0.25) is 4.79 Å². The molecule has 0 radical (unpaired) electrons. The molecule has 0 spiro atoms. The van der Waals surface area contributed by atoms with Crippen LogP contribution in [0.5, 0.6) is 11.5 Å². The van der Waals surface area contributed by atoms with Crippen molar-refractivity contribution < 1.29 is 18.7 Å². The molecule has 0 atom stereocenters. The SMILES string of the molecule is COc1ccc(CCN(C)C(=O)CCc2ccc(Br)cc2F)cc1OC. The average Bonchev–Trinajstić information content (AvgIpc) is 2.64. The van der Waals surface area contributed by atoms with Crippen LogP contribution in [0.4, 0.5) is 4.39 Å². The smallest absolute Gasteiger partial charge is 0.222 e. The fraction of sp³-hybridized carbons (Fsp3) is 0.350. The monoisotopic (exact) mass is 423 g/mol. The molecule has 26 heavy (non-hydrogen) atoms. The molecule has 1 amide bonds. The van der Waals surface area contributed by atoms with Gasteiger partial charge in [0.15, 0.2) is 11.5 Å². The molecule has 2 aromatic carbocycles. The number of carbonyl (C=O) groups is 1. The van der Waals surface area contributed by atoms with Crippen LogP contribution in [0.15, 0.2) is 40.9 Å². The van der Waals surface area contributed by atoms with Crippen LogP contribution < -0.4 is 9.47 Å². The number of halogens is 2. The lowest BCUT2D eigenvalue weighted by atomic mass is 10.1. The number of rotatable bonds is 8. The Morgan fingerprint density at radius 1 is 1.08 bits per heavy atom. The first-order chi connectivity index (χ1) is 12.4. The van der Waals surface area contributed by atoms with E-state index >= 15 is 0 Å². The van der Waals surface area contributed by atoms with E-state index in [0.717, 1.165) is 5.56 Å². The van der Waals surface area contributed by atoms with Crippen molar-refractivity contribution in [1.82, 2.24) is 4.90 Å². The van der Waals surface area contributed by atoms with Crippen molar-refractivity contribution in [1.29, 1.82) is 0 Å². The van der Waals surface area contributed by atoms with Crippen LogP contribution in [0.2, 0.25) is 0 Å². The molecule has 0 aliphatic rings. The summed E-state index contributed by atoms with van der Waals surface area (Å²) < 4.78 is 25.0. The molecule has 0 aromatic heterocycles. The molecular weight excluding hydrogens is 401 g/mol. The van der Waals surface area contributed by atoms with Crippen molar-refractivity contribution in [2.75, 3.05) is 27.8 Å². The van der Waals surface area contributed by atoms with Gasteiger partial charge in [-0.1, -0.05) is 28.1 Å². The third kappa shape index (κ3) is 5.46. The molecule has 0 saturated carbocycles. The number of methoxy groups -OCH3 is 2. The highest BCUT2D eigenvalue weighted by atomic mass is 79.9. The van der Waals surface area contributed by atoms with Crippen LogP contribution in [0.25, 0.3) is 0 Å². The van der Waals surface area contributed by atoms with E-state index in [-0.39, 0.29) is 18.1 Å². The first-order valence-corrected chi connectivity index (χ1v) is 9.12. The largest absolute Gasteiger partial charge is 0.493 e. The molecule has 2 rings (SSSR count). The summed E-state index contributed by atoms with van der Waals surface area (Å²) >= 11 is 3.23. The Morgan fingerprint density at radius 3 is 2.46 bits per heavy atom. The van der Waals surface area contributed by atoms with Crippen LogP contribution in [0.3, 0.4) is 0 Å². The van der Waals surface area contributed by atoms with Gasteiger partial charge in [0.2, 0.25) is 5.91 Å². The maximum Gasteiger partial charge on any atom is 0.222 e. The summed E-state index contributed by atoms with van der Waals surface area (Å²) in [6, 6.07) is 10.6. The molecule has 0 heterocycles. The van der Waals surface area contributed by atoms with E-state index in [4.69, 9.17) is 9.47 Å². The highest BCUT2D eigenvalue weighted by Crippen LogP contribution is 2.27. The average molecular weight is 424 g/mol. The van der Waals surface area contributed by atoms with Crippen LogP contribution in [0.1, 0.15) is 17.5 Å². The van der Waals surface area contributed by atoms with E-state index in [0.29, 0.717) is 40.9 Å². The Balaban J connectivity index is 1.87. The van der Waals surface area contributed by atoms with Crippen molar-refractivity contribution in [3.05, 3.63) is 57.8 Å². The maximum absolute atomic E-state index is 13.8. The van der Waals surface area contributed by atoms with Gasteiger partial charge in [0, 0.05) is 24.5 Å². The van der Waals surface area contributed by atoms with Crippen LogP contribution in [-0.2, 0) is 17.6 Å². The Hall–Kier alpha value is -2.08. The Morgan fingerprint density at radius 2 is 1.81 bits per heavy atom. The summed E-state index contributed by atoms with van der Waals surface area (Å²) in [4.78, 5) is 14.0. The van der Waals surface area contributed by atoms with Gasteiger partial charge >= 0.3 is 0 Å². The third-order valence-electron chi connectivity index (χ3n) is 4.23. The van der Waals surface area contributed by atoms with Gasteiger partial charge in [-0.2, -0.15) is 0 Å². The molecule has 0 saturated heterocycles. The molecule has 4 nitrogen and oxygen atoms in total. The summed E-state index contributed by atoms with van der Waals surface area (Å²) in [6.07, 6.45) is 1.37. The van der Waals surface area contributed by atoms with E-state index in [1.807, 2.05) is 18.2 Å². The minimum absolute atomic E-state index is 0.00667. The number of benzene rings is 2. The molecule has 0 aliphatic heterocycles. The number of amides is 1. The molecule has 0 bridgehead atoms. The quantitative estimate of drug-likeness (QED) is 0.637. The standard InChI is InChI=1S/C20H23BrFNO3/c1-23(11-10-14-4-8-18(25-2)19(12-14)26-3)20(24)9-6-15-5-7-16(21)13-17(15)22/h4-5,7-8,12-13H,6,9-11H2,1-3H3.